The molecule has 0 saturated heterocycles. The van der Waals surface area contributed by atoms with Crippen molar-refractivity contribution in [3.8, 4) is 0 Å². The third-order valence-corrected chi connectivity index (χ3v) is 2.84. The lowest BCUT2D eigenvalue weighted by molar-refractivity contribution is -0.139. The third kappa shape index (κ3) is 2.42. The van der Waals surface area contributed by atoms with Crippen LogP contribution in [0.3, 0.4) is 0 Å². The molecule has 0 aliphatic rings. The molecule has 0 unspecified atom stereocenters. The van der Waals surface area contributed by atoms with Gasteiger partial charge in [-0.3, -0.25) is 9.59 Å². The van der Waals surface area contributed by atoms with Gasteiger partial charge in [0, 0.05) is 15.3 Å². The van der Waals surface area contributed by atoms with Crippen molar-refractivity contribution in [3.63, 3.8) is 0 Å². The maximum Gasteiger partial charge on any atom is 0.313 e. The number of carbonyl (C=O) groups excluding carboxylic acids is 2. The molecular weight excluding hydrogens is 200 g/mol. The molecule has 1 heterocycles. The van der Waals surface area contributed by atoms with Crippen LogP contribution in [0, 0.1) is 13.8 Å². The van der Waals surface area contributed by atoms with Crippen LogP contribution >= 0.6 is 11.3 Å². The van der Waals surface area contributed by atoms with Crippen molar-refractivity contribution < 1.29 is 14.3 Å². The monoisotopic (exact) mass is 212 g/mol. The Morgan fingerprint density at radius 2 is 2.07 bits per heavy atom. The second-order valence-corrected chi connectivity index (χ2v) is 4.46. The van der Waals surface area contributed by atoms with Crippen LogP contribution in [-0.4, -0.2) is 18.9 Å². The van der Waals surface area contributed by atoms with Gasteiger partial charge in [0.2, 0.25) is 0 Å². The average molecular weight is 212 g/mol. The summed E-state index contributed by atoms with van der Waals surface area (Å²) in [6.07, 6.45) is -0.173. The number of methoxy groups -OCH3 is 1. The molecule has 1 aromatic rings. The number of ether oxygens (including phenoxy) is 1. The molecule has 76 valence electrons. The van der Waals surface area contributed by atoms with Crippen LogP contribution in [0.4, 0.5) is 0 Å². The molecule has 0 aliphatic heterocycles. The van der Waals surface area contributed by atoms with E-state index in [-0.39, 0.29) is 12.2 Å². The SMILES string of the molecule is COC(=O)CC(=O)c1cc(C)sc1C. The Labute approximate surface area is 86.7 Å². The highest BCUT2D eigenvalue weighted by atomic mass is 32.1. The number of thiophene rings is 1. The number of esters is 1. The van der Waals surface area contributed by atoms with Crippen LogP contribution in [0.5, 0.6) is 0 Å². The van der Waals surface area contributed by atoms with Crippen molar-refractivity contribution in [3.05, 3.63) is 21.4 Å². The molecule has 0 bridgehead atoms. The first-order valence-corrected chi connectivity index (χ1v) is 5.03. The van der Waals surface area contributed by atoms with E-state index in [9.17, 15) is 9.59 Å². The second kappa shape index (κ2) is 4.37. The lowest BCUT2D eigenvalue weighted by Gasteiger charge is -1.97. The molecule has 0 amide bonds. The van der Waals surface area contributed by atoms with E-state index in [0.717, 1.165) is 9.75 Å². The molecule has 0 fully saturated rings. The fraction of sp³-hybridized carbons (Fsp3) is 0.400. The number of ketones is 1. The first-order valence-electron chi connectivity index (χ1n) is 4.21. The summed E-state index contributed by atoms with van der Waals surface area (Å²) < 4.78 is 4.43. The van der Waals surface area contributed by atoms with Gasteiger partial charge in [-0.15, -0.1) is 11.3 Å². The Bertz CT molecular complexity index is 365. The van der Waals surface area contributed by atoms with Crippen LogP contribution in [0.15, 0.2) is 6.07 Å². The molecule has 3 nitrogen and oxygen atoms in total. The largest absolute Gasteiger partial charge is 0.469 e. The lowest BCUT2D eigenvalue weighted by Crippen LogP contribution is -2.09. The molecule has 0 N–H and O–H groups in total. The third-order valence-electron chi connectivity index (χ3n) is 1.87. The highest BCUT2D eigenvalue weighted by Gasteiger charge is 2.15. The first-order chi connectivity index (χ1) is 6.54. The predicted molar refractivity (Wildman–Crippen MR) is 54.8 cm³/mol. The highest BCUT2D eigenvalue weighted by molar-refractivity contribution is 7.12. The summed E-state index contributed by atoms with van der Waals surface area (Å²) in [7, 11) is 1.28. The first kappa shape index (κ1) is 10.9. The molecule has 0 spiro atoms. The van der Waals surface area contributed by atoms with E-state index < -0.39 is 5.97 Å². The summed E-state index contributed by atoms with van der Waals surface area (Å²) in [5.74, 6) is -0.656. The molecule has 0 saturated carbocycles. The van der Waals surface area contributed by atoms with E-state index in [0.29, 0.717) is 5.56 Å². The Hall–Kier alpha value is -1.16. The molecule has 1 rings (SSSR count). The van der Waals surface area contributed by atoms with Gasteiger partial charge in [0.1, 0.15) is 6.42 Å². The lowest BCUT2D eigenvalue weighted by atomic mass is 10.1. The maximum absolute atomic E-state index is 11.6. The summed E-state index contributed by atoms with van der Waals surface area (Å²) in [6, 6.07) is 1.81. The van der Waals surface area contributed by atoms with Gasteiger partial charge in [-0.05, 0) is 19.9 Å². The summed E-state index contributed by atoms with van der Waals surface area (Å²) >= 11 is 1.56. The number of hydrogen-bond acceptors (Lipinski definition) is 4. The van der Waals surface area contributed by atoms with E-state index in [1.807, 2.05) is 19.9 Å². The number of aryl methyl sites for hydroxylation is 2. The minimum atomic E-state index is -0.488. The van der Waals surface area contributed by atoms with Crippen molar-refractivity contribution in [1.82, 2.24) is 0 Å². The summed E-state index contributed by atoms with van der Waals surface area (Å²) in [6.45, 7) is 3.81. The quantitative estimate of drug-likeness (QED) is 0.438. The van der Waals surface area contributed by atoms with Gasteiger partial charge in [-0.25, -0.2) is 0 Å². The minimum absolute atomic E-state index is 0.168. The Kier molecular flexibility index (Phi) is 3.41. The van der Waals surface area contributed by atoms with Gasteiger partial charge in [-0.2, -0.15) is 0 Å². The van der Waals surface area contributed by atoms with Crippen LogP contribution in [0.1, 0.15) is 26.5 Å². The van der Waals surface area contributed by atoms with Gasteiger partial charge in [0.15, 0.2) is 5.78 Å². The normalized spacial score (nSPS) is 9.93. The smallest absolute Gasteiger partial charge is 0.313 e. The highest BCUT2D eigenvalue weighted by Crippen LogP contribution is 2.21. The van der Waals surface area contributed by atoms with Gasteiger partial charge < -0.3 is 4.74 Å². The molecule has 0 atom stereocenters. The zero-order chi connectivity index (χ0) is 10.7. The van der Waals surface area contributed by atoms with Gasteiger partial charge in [0.05, 0.1) is 7.11 Å². The zero-order valence-corrected chi connectivity index (χ0v) is 9.23. The Morgan fingerprint density at radius 3 is 2.50 bits per heavy atom. The van der Waals surface area contributed by atoms with Gasteiger partial charge >= 0.3 is 5.97 Å². The Morgan fingerprint density at radius 1 is 1.43 bits per heavy atom. The van der Waals surface area contributed by atoms with E-state index in [4.69, 9.17) is 0 Å². The van der Waals surface area contributed by atoms with Crippen LogP contribution < -0.4 is 0 Å². The van der Waals surface area contributed by atoms with Gasteiger partial charge in [0.25, 0.3) is 0 Å². The topological polar surface area (TPSA) is 43.4 Å². The average Bonchev–Trinajstić information content (AvgIpc) is 2.45. The number of hydrogen-bond donors (Lipinski definition) is 0. The molecule has 0 aromatic carbocycles. The van der Waals surface area contributed by atoms with Crippen LogP contribution in [-0.2, 0) is 9.53 Å². The van der Waals surface area contributed by atoms with E-state index in [1.54, 1.807) is 11.3 Å². The minimum Gasteiger partial charge on any atom is -0.469 e. The van der Waals surface area contributed by atoms with Crippen molar-refractivity contribution in [2.24, 2.45) is 0 Å². The fourth-order valence-electron chi connectivity index (χ4n) is 1.21. The van der Waals surface area contributed by atoms with E-state index >= 15 is 0 Å². The standard InChI is InChI=1S/C10H12O3S/c1-6-4-8(7(2)14-6)9(11)5-10(12)13-3/h4H,5H2,1-3H3. The van der Waals surface area contributed by atoms with Crippen molar-refractivity contribution in [1.29, 1.82) is 0 Å². The van der Waals surface area contributed by atoms with Crippen molar-refractivity contribution in [2.45, 2.75) is 20.3 Å². The van der Waals surface area contributed by atoms with E-state index in [2.05, 4.69) is 4.74 Å². The maximum atomic E-state index is 11.6. The molecular formula is C10H12O3S. The molecule has 0 radical (unpaired) electrons. The second-order valence-electron chi connectivity index (χ2n) is 3.00. The summed E-state index contributed by atoms with van der Waals surface area (Å²) in [5.41, 5.74) is 0.637. The van der Waals surface area contributed by atoms with E-state index in [1.165, 1.54) is 7.11 Å². The van der Waals surface area contributed by atoms with Crippen molar-refractivity contribution in [2.75, 3.05) is 7.11 Å². The number of Topliss-reactive ketones (excluding diaryl/α,β-unsaturated/α-hetero) is 1. The molecule has 1 aromatic heterocycles. The van der Waals surface area contributed by atoms with Crippen molar-refractivity contribution >= 4 is 23.1 Å². The summed E-state index contributed by atoms with van der Waals surface area (Å²) in [4.78, 5) is 24.5. The Balaban J connectivity index is 2.79. The fourth-order valence-corrected chi connectivity index (χ4v) is 2.15. The molecule has 14 heavy (non-hydrogen) atoms. The number of rotatable bonds is 3. The predicted octanol–water partition coefficient (Wildman–Crippen LogP) is 2.11. The summed E-state index contributed by atoms with van der Waals surface area (Å²) in [5, 5.41) is 0. The zero-order valence-electron chi connectivity index (χ0n) is 8.42. The van der Waals surface area contributed by atoms with Crippen LogP contribution in [0.25, 0.3) is 0 Å². The molecule has 4 heteroatoms. The van der Waals surface area contributed by atoms with Crippen LogP contribution in [0.2, 0.25) is 0 Å². The number of carbonyl (C=O) groups is 2. The molecule has 0 aliphatic carbocycles. The van der Waals surface area contributed by atoms with Gasteiger partial charge in [-0.1, -0.05) is 0 Å².